The highest BCUT2D eigenvalue weighted by atomic mass is 16.3. The summed E-state index contributed by atoms with van der Waals surface area (Å²) < 4.78 is 0. The fraction of sp³-hybridized carbons (Fsp3) is 0.158. The molecule has 0 spiro atoms. The highest BCUT2D eigenvalue weighted by Crippen LogP contribution is 2.31. The second-order valence-corrected chi connectivity index (χ2v) is 5.58. The predicted molar refractivity (Wildman–Crippen MR) is 81.9 cm³/mol. The Labute approximate surface area is 118 Å². The molecule has 4 rings (SSSR count). The SMILES string of the molecule is OCc1ccc2c(c1)Cc1cc3ccccc3cc1C2. The highest BCUT2D eigenvalue weighted by Gasteiger charge is 2.16. The quantitative estimate of drug-likeness (QED) is 0.551. The van der Waals surface area contributed by atoms with E-state index in [0.29, 0.717) is 0 Å². The van der Waals surface area contributed by atoms with Crippen molar-refractivity contribution in [3.63, 3.8) is 0 Å². The minimum Gasteiger partial charge on any atom is -0.392 e. The van der Waals surface area contributed by atoms with Gasteiger partial charge in [-0.15, -0.1) is 0 Å². The molecule has 0 bridgehead atoms. The Morgan fingerprint density at radius 1 is 0.700 bits per heavy atom. The van der Waals surface area contributed by atoms with Crippen LogP contribution in [0.1, 0.15) is 27.8 Å². The van der Waals surface area contributed by atoms with Crippen LogP contribution in [-0.4, -0.2) is 5.11 Å². The number of rotatable bonds is 1. The van der Waals surface area contributed by atoms with Gasteiger partial charge in [0.1, 0.15) is 0 Å². The van der Waals surface area contributed by atoms with Crippen LogP contribution in [0.5, 0.6) is 0 Å². The van der Waals surface area contributed by atoms with Gasteiger partial charge in [-0.05, 0) is 51.4 Å². The minimum absolute atomic E-state index is 0.123. The van der Waals surface area contributed by atoms with Crippen LogP contribution >= 0.6 is 0 Å². The molecule has 0 aliphatic heterocycles. The maximum atomic E-state index is 9.28. The van der Waals surface area contributed by atoms with Crippen LogP contribution < -0.4 is 0 Å². The van der Waals surface area contributed by atoms with Gasteiger partial charge in [-0.1, -0.05) is 54.6 Å². The van der Waals surface area contributed by atoms with Crippen molar-refractivity contribution in [2.45, 2.75) is 19.4 Å². The number of hydrogen-bond acceptors (Lipinski definition) is 1. The first-order valence-electron chi connectivity index (χ1n) is 7.05. The molecule has 0 aromatic heterocycles. The Hall–Kier alpha value is -2.12. The fourth-order valence-electron chi connectivity index (χ4n) is 3.19. The molecule has 3 aromatic carbocycles. The molecule has 1 N–H and O–H groups in total. The minimum atomic E-state index is 0.123. The Kier molecular flexibility index (Phi) is 2.61. The molecule has 1 heteroatoms. The van der Waals surface area contributed by atoms with Crippen molar-refractivity contribution in [1.82, 2.24) is 0 Å². The standard InChI is InChI=1S/C19H16O/c20-12-13-5-6-16-10-18-8-14-3-1-2-4-15(14)9-19(18)11-17(16)7-13/h1-9,20H,10-12H2. The maximum Gasteiger partial charge on any atom is 0.0681 e. The van der Waals surface area contributed by atoms with Gasteiger partial charge in [0, 0.05) is 0 Å². The van der Waals surface area contributed by atoms with E-state index in [1.807, 2.05) is 6.07 Å². The molecular weight excluding hydrogens is 244 g/mol. The average molecular weight is 260 g/mol. The summed E-state index contributed by atoms with van der Waals surface area (Å²) in [5.41, 5.74) is 6.62. The molecule has 98 valence electrons. The lowest BCUT2D eigenvalue weighted by molar-refractivity contribution is 0.281. The van der Waals surface area contributed by atoms with Crippen LogP contribution in [0.3, 0.4) is 0 Å². The van der Waals surface area contributed by atoms with Crippen molar-refractivity contribution >= 4 is 10.8 Å². The van der Waals surface area contributed by atoms with Crippen LogP contribution in [-0.2, 0) is 19.4 Å². The van der Waals surface area contributed by atoms with Gasteiger partial charge in [-0.2, -0.15) is 0 Å². The summed E-state index contributed by atoms with van der Waals surface area (Å²) in [6.07, 6.45) is 1.98. The monoisotopic (exact) mass is 260 g/mol. The number of aliphatic hydroxyl groups excluding tert-OH is 1. The lowest BCUT2D eigenvalue weighted by Crippen LogP contribution is -2.08. The van der Waals surface area contributed by atoms with Crippen LogP contribution in [0, 0.1) is 0 Å². The summed E-state index contributed by atoms with van der Waals surface area (Å²) in [7, 11) is 0. The highest BCUT2D eigenvalue weighted by molar-refractivity contribution is 5.84. The third kappa shape index (κ3) is 1.83. The van der Waals surface area contributed by atoms with E-state index in [-0.39, 0.29) is 6.61 Å². The van der Waals surface area contributed by atoms with Gasteiger partial charge < -0.3 is 5.11 Å². The Bertz CT molecular complexity index is 802. The molecule has 0 heterocycles. The van der Waals surface area contributed by atoms with E-state index in [1.54, 1.807) is 0 Å². The summed E-state index contributed by atoms with van der Waals surface area (Å²) in [4.78, 5) is 0. The van der Waals surface area contributed by atoms with E-state index in [2.05, 4.69) is 48.5 Å². The van der Waals surface area contributed by atoms with Gasteiger partial charge in [-0.25, -0.2) is 0 Å². The third-order valence-electron chi connectivity index (χ3n) is 4.28. The van der Waals surface area contributed by atoms with Crippen molar-refractivity contribution < 1.29 is 5.11 Å². The van der Waals surface area contributed by atoms with Crippen molar-refractivity contribution in [1.29, 1.82) is 0 Å². The number of benzene rings is 3. The molecule has 1 nitrogen and oxygen atoms in total. The smallest absolute Gasteiger partial charge is 0.0681 e. The number of hydrogen-bond donors (Lipinski definition) is 1. The first-order valence-corrected chi connectivity index (χ1v) is 7.05. The summed E-state index contributed by atoms with van der Waals surface area (Å²) in [6, 6.07) is 19.5. The fourth-order valence-corrected chi connectivity index (χ4v) is 3.19. The molecule has 0 fully saturated rings. The van der Waals surface area contributed by atoms with E-state index in [9.17, 15) is 5.11 Å². The third-order valence-corrected chi connectivity index (χ3v) is 4.28. The van der Waals surface area contributed by atoms with Crippen LogP contribution in [0.15, 0.2) is 54.6 Å². The molecule has 0 amide bonds. The van der Waals surface area contributed by atoms with Gasteiger partial charge in [0.15, 0.2) is 0 Å². The zero-order valence-corrected chi connectivity index (χ0v) is 11.3. The normalized spacial score (nSPS) is 13.1. The van der Waals surface area contributed by atoms with E-state index in [0.717, 1.165) is 18.4 Å². The van der Waals surface area contributed by atoms with Gasteiger partial charge >= 0.3 is 0 Å². The Morgan fingerprint density at radius 2 is 1.30 bits per heavy atom. The molecule has 1 aliphatic carbocycles. The Balaban J connectivity index is 1.85. The number of aliphatic hydroxyl groups is 1. The molecule has 3 aromatic rings. The van der Waals surface area contributed by atoms with Gasteiger partial charge in [0.2, 0.25) is 0 Å². The molecule has 0 saturated carbocycles. The van der Waals surface area contributed by atoms with E-state index >= 15 is 0 Å². The van der Waals surface area contributed by atoms with Gasteiger partial charge in [0.25, 0.3) is 0 Å². The first kappa shape index (κ1) is 11.7. The first-order chi connectivity index (χ1) is 9.83. The van der Waals surface area contributed by atoms with Crippen LogP contribution in [0.25, 0.3) is 10.8 Å². The number of fused-ring (bicyclic) bond motifs is 3. The molecule has 20 heavy (non-hydrogen) atoms. The van der Waals surface area contributed by atoms with Crippen LogP contribution in [0.2, 0.25) is 0 Å². The van der Waals surface area contributed by atoms with Crippen molar-refractivity contribution in [3.05, 3.63) is 82.4 Å². The molecular formula is C19H16O. The molecule has 0 radical (unpaired) electrons. The lowest BCUT2D eigenvalue weighted by Gasteiger charge is -2.21. The predicted octanol–water partition coefficient (Wildman–Crippen LogP) is 3.83. The van der Waals surface area contributed by atoms with E-state index in [4.69, 9.17) is 0 Å². The maximum absolute atomic E-state index is 9.28. The summed E-state index contributed by atoms with van der Waals surface area (Å²) in [5, 5.41) is 11.9. The average Bonchev–Trinajstić information content (AvgIpc) is 2.50. The second kappa shape index (κ2) is 4.46. The zero-order valence-electron chi connectivity index (χ0n) is 11.3. The molecule has 0 unspecified atom stereocenters. The zero-order chi connectivity index (χ0) is 13.5. The van der Waals surface area contributed by atoms with E-state index in [1.165, 1.54) is 33.0 Å². The van der Waals surface area contributed by atoms with E-state index < -0.39 is 0 Å². The van der Waals surface area contributed by atoms with Crippen molar-refractivity contribution in [3.8, 4) is 0 Å². The topological polar surface area (TPSA) is 20.2 Å². The Morgan fingerprint density at radius 3 is 1.95 bits per heavy atom. The summed E-state index contributed by atoms with van der Waals surface area (Å²) in [6.45, 7) is 0.123. The lowest BCUT2D eigenvalue weighted by atomic mass is 9.84. The van der Waals surface area contributed by atoms with Crippen LogP contribution in [0.4, 0.5) is 0 Å². The van der Waals surface area contributed by atoms with Crippen molar-refractivity contribution in [2.75, 3.05) is 0 Å². The molecule has 1 aliphatic rings. The largest absolute Gasteiger partial charge is 0.392 e. The second-order valence-electron chi connectivity index (χ2n) is 5.58. The van der Waals surface area contributed by atoms with Crippen molar-refractivity contribution in [2.24, 2.45) is 0 Å². The molecule has 0 atom stereocenters. The summed E-state index contributed by atoms with van der Waals surface area (Å²) >= 11 is 0. The molecule has 0 saturated heterocycles. The summed E-state index contributed by atoms with van der Waals surface area (Å²) in [5.74, 6) is 0. The van der Waals surface area contributed by atoms with Gasteiger partial charge in [0.05, 0.1) is 6.61 Å². The van der Waals surface area contributed by atoms with Gasteiger partial charge in [-0.3, -0.25) is 0 Å².